The van der Waals surface area contributed by atoms with E-state index in [2.05, 4.69) is 12.1 Å². The Morgan fingerprint density at radius 2 is 1.64 bits per heavy atom. The number of anilines is 1. The number of nitrogens with two attached hydrogens (primary N) is 1. The summed E-state index contributed by atoms with van der Waals surface area (Å²) >= 11 is 0. The molecule has 2 heteroatoms. The number of rotatable bonds is 1. The topological polar surface area (TPSA) is 43.1 Å². The summed E-state index contributed by atoms with van der Waals surface area (Å²) in [5.74, 6) is 0.977. The minimum atomic E-state index is 0.414. The Bertz CT molecular complexity index is 319. The first-order chi connectivity index (χ1) is 6.75. The molecule has 2 nitrogen and oxygen atoms in total. The molecule has 0 heterocycles. The molecule has 1 saturated carbocycles. The van der Waals surface area contributed by atoms with Gasteiger partial charge in [0.15, 0.2) is 0 Å². The van der Waals surface area contributed by atoms with Gasteiger partial charge in [-0.05, 0) is 36.5 Å². The van der Waals surface area contributed by atoms with Crippen molar-refractivity contribution in [3.05, 3.63) is 29.8 Å². The quantitative estimate of drug-likeness (QED) is 0.690. The lowest BCUT2D eigenvalue weighted by molar-refractivity contribution is -0.120. The van der Waals surface area contributed by atoms with Gasteiger partial charge in [-0.1, -0.05) is 12.1 Å². The molecular formula is C12H15NO. The van der Waals surface area contributed by atoms with E-state index in [9.17, 15) is 4.79 Å². The zero-order valence-electron chi connectivity index (χ0n) is 8.20. The van der Waals surface area contributed by atoms with Gasteiger partial charge in [-0.15, -0.1) is 0 Å². The van der Waals surface area contributed by atoms with Crippen LogP contribution in [0.4, 0.5) is 5.69 Å². The third kappa shape index (κ3) is 1.95. The van der Waals surface area contributed by atoms with Crippen LogP contribution in [0.2, 0.25) is 0 Å². The van der Waals surface area contributed by atoms with Crippen LogP contribution in [0, 0.1) is 0 Å². The third-order valence-corrected chi connectivity index (χ3v) is 2.95. The predicted octanol–water partition coefficient (Wildman–Crippen LogP) is 2.50. The van der Waals surface area contributed by atoms with E-state index in [1.54, 1.807) is 0 Å². The number of benzene rings is 1. The molecular weight excluding hydrogens is 174 g/mol. The van der Waals surface area contributed by atoms with Crippen LogP contribution in [-0.2, 0) is 4.79 Å². The van der Waals surface area contributed by atoms with Crippen LogP contribution in [0.5, 0.6) is 0 Å². The SMILES string of the molecule is Nc1ccc(C2CCC(=O)CC2)cc1. The highest BCUT2D eigenvalue weighted by Crippen LogP contribution is 2.31. The summed E-state index contributed by atoms with van der Waals surface area (Å²) in [5, 5.41) is 0. The summed E-state index contributed by atoms with van der Waals surface area (Å²) in [6, 6.07) is 8.03. The molecule has 2 N–H and O–H groups in total. The smallest absolute Gasteiger partial charge is 0.132 e. The number of ketones is 1. The maximum Gasteiger partial charge on any atom is 0.132 e. The standard InChI is InChI=1S/C12H15NO/c13-11-5-1-9(2-6-11)10-3-7-12(14)8-4-10/h1-2,5-6,10H,3-4,7-8,13H2. The first-order valence-electron chi connectivity index (χ1n) is 5.13. The van der Waals surface area contributed by atoms with Gasteiger partial charge < -0.3 is 5.73 Å². The molecule has 0 unspecified atom stereocenters. The van der Waals surface area contributed by atoms with Gasteiger partial charge in [-0.3, -0.25) is 4.79 Å². The van der Waals surface area contributed by atoms with Crippen LogP contribution in [0.1, 0.15) is 37.2 Å². The molecule has 74 valence electrons. The highest BCUT2D eigenvalue weighted by Gasteiger charge is 2.19. The molecule has 1 fully saturated rings. The van der Waals surface area contributed by atoms with Gasteiger partial charge in [0.1, 0.15) is 5.78 Å². The fourth-order valence-electron chi connectivity index (χ4n) is 2.04. The fraction of sp³-hybridized carbons (Fsp3) is 0.417. The Balaban J connectivity index is 2.08. The van der Waals surface area contributed by atoms with Gasteiger partial charge in [0.2, 0.25) is 0 Å². The Kier molecular flexibility index (Phi) is 2.53. The van der Waals surface area contributed by atoms with Crippen molar-refractivity contribution in [2.45, 2.75) is 31.6 Å². The molecule has 14 heavy (non-hydrogen) atoms. The lowest BCUT2D eigenvalue weighted by Gasteiger charge is -2.21. The van der Waals surface area contributed by atoms with Crippen molar-refractivity contribution in [1.82, 2.24) is 0 Å². The maximum absolute atomic E-state index is 11.1. The molecule has 0 aliphatic heterocycles. The monoisotopic (exact) mass is 189 g/mol. The molecule has 0 amide bonds. The van der Waals surface area contributed by atoms with E-state index in [0.717, 1.165) is 31.4 Å². The fourth-order valence-corrected chi connectivity index (χ4v) is 2.04. The Morgan fingerprint density at radius 1 is 1.07 bits per heavy atom. The number of carbonyl (C=O) groups excluding carboxylic acids is 1. The van der Waals surface area contributed by atoms with E-state index in [1.165, 1.54) is 5.56 Å². The lowest BCUT2D eigenvalue weighted by atomic mass is 9.83. The maximum atomic E-state index is 11.1. The Morgan fingerprint density at radius 3 is 2.21 bits per heavy atom. The molecule has 1 aromatic carbocycles. The molecule has 0 bridgehead atoms. The normalized spacial score (nSPS) is 18.4. The Labute approximate surface area is 84.1 Å². The van der Waals surface area contributed by atoms with Crippen molar-refractivity contribution in [2.75, 3.05) is 5.73 Å². The molecule has 0 saturated heterocycles. The zero-order valence-corrected chi connectivity index (χ0v) is 8.20. The molecule has 0 spiro atoms. The van der Waals surface area contributed by atoms with E-state index in [4.69, 9.17) is 5.73 Å². The lowest BCUT2D eigenvalue weighted by Crippen LogP contribution is -2.12. The minimum Gasteiger partial charge on any atom is -0.399 e. The van der Waals surface area contributed by atoms with Gasteiger partial charge in [-0.2, -0.15) is 0 Å². The second-order valence-corrected chi connectivity index (χ2v) is 3.98. The average Bonchev–Trinajstić information content (AvgIpc) is 2.21. The van der Waals surface area contributed by atoms with Crippen LogP contribution in [0.25, 0.3) is 0 Å². The molecule has 1 aliphatic carbocycles. The second kappa shape index (κ2) is 3.82. The van der Waals surface area contributed by atoms with Crippen LogP contribution in [0.3, 0.4) is 0 Å². The number of hydrogen-bond donors (Lipinski definition) is 1. The van der Waals surface area contributed by atoms with E-state index in [-0.39, 0.29) is 0 Å². The van der Waals surface area contributed by atoms with Crippen molar-refractivity contribution in [1.29, 1.82) is 0 Å². The molecule has 0 radical (unpaired) electrons. The summed E-state index contributed by atoms with van der Waals surface area (Å²) in [5.41, 5.74) is 7.76. The Hall–Kier alpha value is -1.31. The highest BCUT2D eigenvalue weighted by molar-refractivity contribution is 5.79. The van der Waals surface area contributed by atoms with Crippen LogP contribution < -0.4 is 5.73 Å². The van der Waals surface area contributed by atoms with Gasteiger partial charge in [0, 0.05) is 18.5 Å². The first-order valence-corrected chi connectivity index (χ1v) is 5.13. The summed E-state index contributed by atoms with van der Waals surface area (Å²) in [4.78, 5) is 11.1. The molecule has 0 atom stereocenters. The van der Waals surface area contributed by atoms with Gasteiger partial charge >= 0.3 is 0 Å². The molecule has 1 aromatic rings. The van der Waals surface area contributed by atoms with Crippen molar-refractivity contribution in [3.63, 3.8) is 0 Å². The minimum absolute atomic E-state index is 0.414. The first kappa shape index (κ1) is 9.25. The van der Waals surface area contributed by atoms with Crippen molar-refractivity contribution >= 4 is 11.5 Å². The second-order valence-electron chi connectivity index (χ2n) is 3.98. The number of carbonyl (C=O) groups is 1. The van der Waals surface area contributed by atoms with Crippen LogP contribution in [0.15, 0.2) is 24.3 Å². The van der Waals surface area contributed by atoms with Crippen molar-refractivity contribution in [2.24, 2.45) is 0 Å². The van der Waals surface area contributed by atoms with Gasteiger partial charge in [0.25, 0.3) is 0 Å². The summed E-state index contributed by atoms with van der Waals surface area (Å²) in [6.07, 6.45) is 3.50. The predicted molar refractivity (Wildman–Crippen MR) is 57.1 cm³/mol. The number of Topliss-reactive ketones (excluding diaryl/α,β-unsaturated/α-hetero) is 1. The molecule has 2 rings (SSSR count). The van der Waals surface area contributed by atoms with E-state index >= 15 is 0 Å². The van der Waals surface area contributed by atoms with Crippen LogP contribution >= 0.6 is 0 Å². The van der Waals surface area contributed by atoms with Crippen molar-refractivity contribution < 1.29 is 4.79 Å². The number of hydrogen-bond acceptors (Lipinski definition) is 2. The van der Waals surface area contributed by atoms with Gasteiger partial charge in [0.05, 0.1) is 0 Å². The largest absolute Gasteiger partial charge is 0.399 e. The summed E-state index contributed by atoms with van der Waals surface area (Å²) in [7, 11) is 0. The van der Waals surface area contributed by atoms with E-state index in [0.29, 0.717) is 11.7 Å². The third-order valence-electron chi connectivity index (χ3n) is 2.95. The van der Waals surface area contributed by atoms with Crippen molar-refractivity contribution in [3.8, 4) is 0 Å². The van der Waals surface area contributed by atoms with Crippen LogP contribution in [-0.4, -0.2) is 5.78 Å². The number of nitrogen functional groups attached to an aromatic ring is 1. The van der Waals surface area contributed by atoms with E-state index in [1.807, 2.05) is 12.1 Å². The summed E-state index contributed by atoms with van der Waals surface area (Å²) in [6.45, 7) is 0. The van der Waals surface area contributed by atoms with Gasteiger partial charge in [-0.25, -0.2) is 0 Å². The highest BCUT2D eigenvalue weighted by atomic mass is 16.1. The van der Waals surface area contributed by atoms with E-state index < -0.39 is 0 Å². The average molecular weight is 189 g/mol. The zero-order chi connectivity index (χ0) is 9.97. The molecule has 0 aromatic heterocycles. The summed E-state index contributed by atoms with van der Waals surface area (Å²) < 4.78 is 0. The molecule has 1 aliphatic rings.